The molecule has 2 heterocycles. The van der Waals surface area contributed by atoms with E-state index in [9.17, 15) is 4.79 Å². The number of anilines is 1. The molecule has 1 N–H and O–H groups in total. The summed E-state index contributed by atoms with van der Waals surface area (Å²) < 4.78 is 0. The summed E-state index contributed by atoms with van der Waals surface area (Å²) in [5.74, 6) is 0.796. The Hall–Kier alpha value is -1.69. The Morgan fingerprint density at radius 2 is 2.09 bits per heavy atom. The molecule has 1 atom stereocenters. The van der Waals surface area contributed by atoms with Crippen LogP contribution in [-0.2, 0) is 4.79 Å². The zero-order valence-electron chi connectivity index (χ0n) is 11.7. The highest BCUT2D eigenvalue weighted by molar-refractivity contribution is 6.42. The number of carbonyl (C=O) groups is 1. The van der Waals surface area contributed by atoms with Gasteiger partial charge in [-0.1, -0.05) is 29.3 Å². The zero-order valence-corrected chi connectivity index (χ0v) is 13.2. The van der Waals surface area contributed by atoms with E-state index in [1.807, 2.05) is 12.1 Å². The van der Waals surface area contributed by atoms with Crippen molar-refractivity contribution in [2.75, 3.05) is 24.5 Å². The minimum Gasteiger partial charge on any atom is -0.353 e. The van der Waals surface area contributed by atoms with Gasteiger partial charge in [-0.2, -0.15) is 0 Å². The molecular weight excluding hydrogens is 323 g/mol. The van der Waals surface area contributed by atoms with E-state index < -0.39 is 0 Å². The smallest absolute Gasteiger partial charge is 0.138 e. The fraction of sp³-hybridized carbons (Fsp3) is 0.267. The van der Waals surface area contributed by atoms with Crippen LogP contribution in [0.15, 0.2) is 30.6 Å². The molecule has 3 rings (SSSR count). The second kappa shape index (κ2) is 6.60. The van der Waals surface area contributed by atoms with Crippen molar-refractivity contribution in [1.82, 2.24) is 15.3 Å². The third-order valence-electron chi connectivity index (χ3n) is 3.56. The number of rotatable bonds is 3. The number of carbonyl (C=O) groups excluding carboxylic acids is 1. The molecule has 1 aliphatic rings. The quantitative estimate of drug-likeness (QED) is 0.872. The van der Waals surface area contributed by atoms with Crippen molar-refractivity contribution in [3.05, 3.63) is 40.6 Å². The molecule has 7 heteroatoms. The highest BCUT2D eigenvalue weighted by Gasteiger charge is 2.20. The molecular formula is C15H14Cl2N4O. The number of benzene rings is 1. The number of aldehydes is 1. The Bertz CT molecular complexity index is 695. The molecule has 1 unspecified atom stereocenters. The molecule has 1 fully saturated rings. The number of aromatic nitrogens is 2. The first-order chi connectivity index (χ1) is 10.7. The number of hydrogen-bond acceptors (Lipinski definition) is 5. The average molecular weight is 337 g/mol. The van der Waals surface area contributed by atoms with Crippen LogP contribution in [0.1, 0.15) is 0 Å². The number of piperazine rings is 1. The highest BCUT2D eigenvalue weighted by atomic mass is 35.5. The third kappa shape index (κ3) is 3.21. The Morgan fingerprint density at radius 1 is 1.23 bits per heavy atom. The van der Waals surface area contributed by atoms with Crippen LogP contribution in [0.3, 0.4) is 0 Å². The van der Waals surface area contributed by atoms with Crippen molar-refractivity contribution in [3.63, 3.8) is 0 Å². The summed E-state index contributed by atoms with van der Waals surface area (Å²) in [5, 5.41) is 4.14. The normalized spacial score (nSPS) is 18.3. The average Bonchev–Trinajstić information content (AvgIpc) is 2.57. The second-order valence-electron chi connectivity index (χ2n) is 5.03. The van der Waals surface area contributed by atoms with E-state index in [0.29, 0.717) is 16.6 Å². The lowest BCUT2D eigenvalue weighted by Gasteiger charge is -2.32. The third-order valence-corrected chi connectivity index (χ3v) is 4.30. The fourth-order valence-electron chi connectivity index (χ4n) is 2.41. The first-order valence-electron chi connectivity index (χ1n) is 6.88. The molecule has 0 saturated carbocycles. The number of halogens is 2. The standard InChI is InChI=1S/C15H14Cl2N4O/c16-12-2-1-10(5-13(12)17)14-6-15(20-9-19-14)21-4-3-18-11(7-21)8-22/h1-2,5-6,8-9,11,18H,3-4,7H2. The van der Waals surface area contributed by atoms with Gasteiger partial charge in [0, 0.05) is 31.3 Å². The molecule has 1 aromatic heterocycles. The molecule has 1 aromatic carbocycles. The second-order valence-corrected chi connectivity index (χ2v) is 5.85. The summed E-state index contributed by atoms with van der Waals surface area (Å²) in [6, 6.07) is 7.12. The van der Waals surface area contributed by atoms with Crippen molar-refractivity contribution >= 4 is 35.3 Å². The summed E-state index contributed by atoms with van der Waals surface area (Å²) >= 11 is 12.0. The maximum absolute atomic E-state index is 10.9. The first kappa shape index (κ1) is 15.2. The molecule has 0 bridgehead atoms. The van der Waals surface area contributed by atoms with Crippen LogP contribution >= 0.6 is 23.2 Å². The van der Waals surface area contributed by atoms with Crippen molar-refractivity contribution in [1.29, 1.82) is 0 Å². The van der Waals surface area contributed by atoms with Gasteiger partial charge < -0.3 is 15.0 Å². The van der Waals surface area contributed by atoms with Crippen LogP contribution in [0.5, 0.6) is 0 Å². The highest BCUT2D eigenvalue weighted by Crippen LogP contribution is 2.28. The monoisotopic (exact) mass is 336 g/mol. The Balaban J connectivity index is 1.89. The van der Waals surface area contributed by atoms with Gasteiger partial charge in [0.15, 0.2) is 0 Å². The topological polar surface area (TPSA) is 58.1 Å². The molecule has 1 saturated heterocycles. The van der Waals surface area contributed by atoms with Crippen molar-refractivity contribution in [3.8, 4) is 11.3 Å². The van der Waals surface area contributed by atoms with Crippen LogP contribution < -0.4 is 10.2 Å². The van der Waals surface area contributed by atoms with E-state index >= 15 is 0 Å². The van der Waals surface area contributed by atoms with Crippen LogP contribution in [-0.4, -0.2) is 41.9 Å². The van der Waals surface area contributed by atoms with Crippen LogP contribution in [0.4, 0.5) is 5.82 Å². The van der Waals surface area contributed by atoms with E-state index in [-0.39, 0.29) is 6.04 Å². The lowest BCUT2D eigenvalue weighted by Crippen LogP contribution is -2.51. The van der Waals surface area contributed by atoms with Crippen molar-refractivity contribution in [2.45, 2.75) is 6.04 Å². The van der Waals surface area contributed by atoms with Gasteiger partial charge in [-0.05, 0) is 12.1 Å². The van der Waals surface area contributed by atoms with Crippen molar-refractivity contribution in [2.24, 2.45) is 0 Å². The minimum absolute atomic E-state index is 0.169. The van der Waals surface area contributed by atoms with E-state index in [4.69, 9.17) is 23.2 Å². The molecule has 0 aliphatic carbocycles. The molecule has 114 valence electrons. The first-order valence-corrected chi connectivity index (χ1v) is 7.64. The summed E-state index contributed by atoms with van der Waals surface area (Å²) in [5.41, 5.74) is 1.64. The fourth-order valence-corrected chi connectivity index (χ4v) is 2.71. The van der Waals surface area contributed by atoms with Crippen LogP contribution in [0.2, 0.25) is 10.0 Å². The SMILES string of the molecule is O=CC1CN(c2cc(-c3ccc(Cl)c(Cl)c3)ncn2)CCN1. The van der Waals surface area contributed by atoms with Gasteiger partial charge in [0.1, 0.15) is 18.4 Å². The largest absolute Gasteiger partial charge is 0.353 e. The van der Waals surface area contributed by atoms with Gasteiger partial charge in [0.05, 0.1) is 21.8 Å². The molecule has 1 aliphatic heterocycles. The number of nitrogens with zero attached hydrogens (tertiary/aromatic N) is 3. The molecule has 0 spiro atoms. The molecule has 0 radical (unpaired) electrons. The lowest BCUT2D eigenvalue weighted by molar-refractivity contribution is -0.109. The van der Waals surface area contributed by atoms with Gasteiger partial charge in [0.25, 0.3) is 0 Å². The van der Waals surface area contributed by atoms with Gasteiger partial charge >= 0.3 is 0 Å². The maximum Gasteiger partial charge on any atom is 0.138 e. The molecule has 0 amide bonds. The molecule has 22 heavy (non-hydrogen) atoms. The van der Waals surface area contributed by atoms with Crippen LogP contribution in [0, 0.1) is 0 Å². The molecule has 5 nitrogen and oxygen atoms in total. The maximum atomic E-state index is 10.9. The van der Waals surface area contributed by atoms with E-state index in [2.05, 4.69) is 20.2 Å². The van der Waals surface area contributed by atoms with Gasteiger partial charge in [-0.15, -0.1) is 0 Å². The number of hydrogen-bond donors (Lipinski definition) is 1. The summed E-state index contributed by atoms with van der Waals surface area (Å²) in [6.45, 7) is 2.14. The minimum atomic E-state index is -0.169. The Labute approximate surface area is 138 Å². The Kier molecular flexibility index (Phi) is 4.57. The molecule has 2 aromatic rings. The number of nitrogens with one attached hydrogen (secondary N) is 1. The summed E-state index contributed by atoms with van der Waals surface area (Å²) in [4.78, 5) is 21.6. The van der Waals surface area contributed by atoms with Gasteiger partial charge in [0.2, 0.25) is 0 Å². The van der Waals surface area contributed by atoms with Crippen molar-refractivity contribution < 1.29 is 4.79 Å². The van der Waals surface area contributed by atoms with Crippen LogP contribution in [0.25, 0.3) is 11.3 Å². The van der Waals surface area contributed by atoms with Gasteiger partial charge in [-0.3, -0.25) is 0 Å². The predicted octanol–water partition coefficient (Wildman–Crippen LogP) is 2.43. The zero-order chi connectivity index (χ0) is 15.5. The van der Waals surface area contributed by atoms with E-state index in [0.717, 1.165) is 36.5 Å². The van der Waals surface area contributed by atoms with E-state index in [1.54, 1.807) is 12.1 Å². The predicted molar refractivity (Wildman–Crippen MR) is 87.6 cm³/mol. The lowest BCUT2D eigenvalue weighted by atomic mass is 10.1. The summed E-state index contributed by atoms with van der Waals surface area (Å²) in [6.07, 6.45) is 2.44. The van der Waals surface area contributed by atoms with Gasteiger partial charge in [-0.25, -0.2) is 9.97 Å². The Morgan fingerprint density at radius 3 is 2.86 bits per heavy atom. The van der Waals surface area contributed by atoms with E-state index in [1.165, 1.54) is 6.33 Å². The summed E-state index contributed by atoms with van der Waals surface area (Å²) in [7, 11) is 0.